The molecule has 0 spiro atoms. The van der Waals surface area contributed by atoms with E-state index < -0.39 is 0 Å². The van der Waals surface area contributed by atoms with Gasteiger partial charge >= 0.3 is 0 Å². The van der Waals surface area contributed by atoms with Crippen LogP contribution < -0.4 is 10.6 Å². The van der Waals surface area contributed by atoms with Gasteiger partial charge in [-0.25, -0.2) is 0 Å². The molecule has 1 aliphatic heterocycles. The van der Waals surface area contributed by atoms with Crippen LogP contribution in [0.15, 0.2) is 73.3 Å². The molecule has 0 aliphatic carbocycles. The lowest BCUT2D eigenvalue weighted by molar-refractivity contribution is -0.122. The number of para-hydroxylation sites is 1. The number of carbonyl (C=O) groups excluding carboxylic acids is 2. The molecular formula is C29H35N5O2. The van der Waals surface area contributed by atoms with Gasteiger partial charge in [-0.1, -0.05) is 18.2 Å². The summed E-state index contributed by atoms with van der Waals surface area (Å²) < 4.78 is 0. The number of aryl methyl sites for hydroxylation is 2. The molecule has 1 unspecified atom stereocenters. The fourth-order valence-electron chi connectivity index (χ4n) is 4.64. The number of anilines is 1. The maximum absolute atomic E-state index is 13.3. The molecule has 36 heavy (non-hydrogen) atoms. The fourth-order valence-corrected chi connectivity index (χ4v) is 4.64. The van der Waals surface area contributed by atoms with E-state index in [1.807, 2.05) is 54.9 Å². The van der Waals surface area contributed by atoms with E-state index in [4.69, 9.17) is 0 Å². The zero-order chi connectivity index (χ0) is 25.0. The molecule has 2 amide bonds. The monoisotopic (exact) mass is 485 g/mol. The van der Waals surface area contributed by atoms with Gasteiger partial charge in [0.05, 0.1) is 0 Å². The van der Waals surface area contributed by atoms with E-state index >= 15 is 0 Å². The van der Waals surface area contributed by atoms with Crippen molar-refractivity contribution in [2.45, 2.75) is 45.1 Å². The number of nitrogens with zero attached hydrogens (tertiary/aromatic N) is 3. The van der Waals surface area contributed by atoms with Gasteiger partial charge in [0.2, 0.25) is 11.8 Å². The Morgan fingerprint density at radius 3 is 2.42 bits per heavy atom. The number of nitrogens with one attached hydrogen (secondary N) is 2. The van der Waals surface area contributed by atoms with Crippen LogP contribution in [0.4, 0.5) is 5.69 Å². The van der Waals surface area contributed by atoms with E-state index in [9.17, 15) is 9.59 Å². The minimum Gasteiger partial charge on any atom is -0.356 e. The Morgan fingerprint density at radius 1 is 0.917 bits per heavy atom. The maximum Gasteiger partial charge on any atom is 0.227 e. The highest BCUT2D eigenvalue weighted by atomic mass is 16.2. The fraction of sp³-hybridized carbons (Fsp3) is 0.379. The highest BCUT2D eigenvalue weighted by Crippen LogP contribution is 2.21. The van der Waals surface area contributed by atoms with Gasteiger partial charge < -0.3 is 10.6 Å². The third-order valence-electron chi connectivity index (χ3n) is 6.73. The van der Waals surface area contributed by atoms with Crippen molar-refractivity contribution in [1.82, 2.24) is 20.2 Å². The third-order valence-corrected chi connectivity index (χ3v) is 6.73. The van der Waals surface area contributed by atoms with Crippen LogP contribution in [0.2, 0.25) is 0 Å². The minimum atomic E-state index is -0.153. The summed E-state index contributed by atoms with van der Waals surface area (Å²) in [6, 6.07) is 16.1. The number of hydrogen-bond donors (Lipinski definition) is 2. The van der Waals surface area contributed by atoms with Gasteiger partial charge in [-0.05, 0) is 85.7 Å². The van der Waals surface area contributed by atoms with Crippen molar-refractivity contribution in [2.75, 3.05) is 25.0 Å². The molecule has 1 saturated heterocycles. The summed E-state index contributed by atoms with van der Waals surface area (Å²) in [5.74, 6) is -0.0859. The Morgan fingerprint density at radius 2 is 1.64 bits per heavy atom. The van der Waals surface area contributed by atoms with Crippen molar-refractivity contribution < 1.29 is 9.59 Å². The predicted octanol–water partition coefficient (Wildman–Crippen LogP) is 4.01. The zero-order valence-electron chi connectivity index (χ0n) is 20.7. The molecule has 1 aliphatic rings. The zero-order valence-corrected chi connectivity index (χ0v) is 20.7. The first kappa shape index (κ1) is 25.5. The lowest BCUT2D eigenvalue weighted by Gasteiger charge is -2.23. The van der Waals surface area contributed by atoms with Gasteiger partial charge in [-0.3, -0.25) is 24.5 Å². The van der Waals surface area contributed by atoms with Gasteiger partial charge in [0.15, 0.2) is 0 Å². The maximum atomic E-state index is 13.3. The van der Waals surface area contributed by atoms with Gasteiger partial charge in [0, 0.05) is 62.4 Å². The average molecular weight is 486 g/mol. The summed E-state index contributed by atoms with van der Waals surface area (Å²) in [4.78, 5) is 36.2. The van der Waals surface area contributed by atoms with Crippen LogP contribution in [-0.4, -0.2) is 46.3 Å². The standard InChI is InChI=1S/C29H35N5O2/c35-28-14-21-34(22-24-11-17-31-18-12-24)20-3-5-26(13-19-32-28)29(36)33-27-6-2-1-4-25(27)8-7-23-9-15-30-16-10-23/h1-2,4,6,9-12,15-18,26H,3,5,7-8,13-14,19-22H2,(H,32,35)(H,33,36). The molecule has 1 atom stereocenters. The summed E-state index contributed by atoms with van der Waals surface area (Å²) in [5, 5.41) is 6.20. The molecule has 0 bridgehead atoms. The molecule has 0 saturated carbocycles. The topological polar surface area (TPSA) is 87.2 Å². The van der Waals surface area contributed by atoms with Crippen LogP contribution in [0, 0.1) is 5.92 Å². The summed E-state index contributed by atoms with van der Waals surface area (Å²) >= 11 is 0. The largest absolute Gasteiger partial charge is 0.356 e. The van der Waals surface area contributed by atoms with Crippen LogP contribution in [0.25, 0.3) is 0 Å². The summed E-state index contributed by atoms with van der Waals surface area (Å²) in [7, 11) is 0. The van der Waals surface area contributed by atoms with E-state index in [1.165, 1.54) is 11.1 Å². The van der Waals surface area contributed by atoms with E-state index in [1.54, 1.807) is 12.4 Å². The third kappa shape index (κ3) is 7.99. The van der Waals surface area contributed by atoms with Crippen molar-refractivity contribution in [3.63, 3.8) is 0 Å². The molecule has 7 nitrogen and oxygen atoms in total. The van der Waals surface area contributed by atoms with Crippen LogP contribution >= 0.6 is 0 Å². The molecule has 1 aromatic carbocycles. The normalized spacial score (nSPS) is 17.6. The average Bonchev–Trinajstić information content (AvgIpc) is 2.95. The number of rotatable bonds is 7. The van der Waals surface area contributed by atoms with Gasteiger partial charge in [-0.15, -0.1) is 0 Å². The van der Waals surface area contributed by atoms with E-state index in [2.05, 4.69) is 31.6 Å². The minimum absolute atomic E-state index is 0.0283. The molecule has 4 rings (SSSR count). The van der Waals surface area contributed by atoms with Crippen LogP contribution in [0.5, 0.6) is 0 Å². The van der Waals surface area contributed by atoms with E-state index in [0.29, 0.717) is 25.9 Å². The highest BCUT2D eigenvalue weighted by molar-refractivity contribution is 5.93. The highest BCUT2D eigenvalue weighted by Gasteiger charge is 2.21. The molecule has 3 aromatic rings. The number of aromatic nitrogens is 2. The summed E-state index contributed by atoms with van der Waals surface area (Å²) in [6.45, 7) is 2.85. The first-order valence-electron chi connectivity index (χ1n) is 12.8. The molecule has 1 fully saturated rings. The van der Waals surface area contributed by atoms with Gasteiger partial charge in [0.1, 0.15) is 0 Å². The van der Waals surface area contributed by atoms with Crippen LogP contribution in [-0.2, 0) is 29.0 Å². The van der Waals surface area contributed by atoms with Crippen molar-refractivity contribution in [2.24, 2.45) is 5.92 Å². The molecule has 7 heteroatoms. The molecule has 188 valence electrons. The Balaban J connectivity index is 1.37. The van der Waals surface area contributed by atoms with Gasteiger partial charge in [0.25, 0.3) is 0 Å². The Hall–Kier alpha value is -3.58. The molecular weight excluding hydrogens is 450 g/mol. The lowest BCUT2D eigenvalue weighted by atomic mass is 9.97. The smallest absolute Gasteiger partial charge is 0.227 e. The Kier molecular flexibility index (Phi) is 9.56. The number of hydrogen-bond acceptors (Lipinski definition) is 5. The first-order valence-corrected chi connectivity index (χ1v) is 12.8. The van der Waals surface area contributed by atoms with Crippen molar-refractivity contribution in [1.29, 1.82) is 0 Å². The van der Waals surface area contributed by atoms with Crippen molar-refractivity contribution >= 4 is 17.5 Å². The molecule has 3 heterocycles. The van der Waals surface area contributed by atoms with Crippen LogP contribution in [0.1, 0.15) is 42.4 Å². The number of benzene rings is 1. The predicted molar refractivity (Wildman–Crippen MR) is 141 cm³/mol. The second-order valence-electron chi connectivity index (χ2n) is 9.36. The van der Waals surface area contributed by atoms with Crippen molar-refractivity contribution in [3.8, 4) is 0 Å². The molecule has 0 radical (unpaired) electrons. The van der Waals surface area contributed by atoms with Gasteiger partial charge in [-0.2, -0.15) is 0 Å². The number of carbonyl (C=O) groups is 2. The SMILES string of the molecule is O=C1CCN(Cc2ccncc2)CCCC(C(=O)Nc2ccccc2CCc2ccncc2)CCN1. The first-order chi connectivity index (χ1) is 17.7. The quantitative estimate of drug-likeness (QED) is 0.528. The number of amides is 2. The van der Waals surface area contributed by atoms with E-state index in [0.717, 1.165) is 50.0 Å². The summed E-state index contributed by atoms with van der Waals surface area (Å²) in [5.41, 5.74) is 4.39. The molecule has 2 N–H and O–H groups in total. The van der Waals surface area contributed by atoms with Crippen LogP contribution in [0.3, 0.4) is 0 Å². The lowest BCUT2D eigenvalue weighted by Crippen LogP contribution is -2.31. The van der Waals surface area contributed by atoms with Crippen molar-refractivity contribution in [3.05, 3.63) is 90.0 Å². The number of pyridine rings is 2. The second kappa shape index (κ2) is 13.5. The summed E-state index contributed by atoms with van der Waals surface area (Å²) in [6.07, 6.45) is 11.7. The molecule has 2 aromatic heterocycles. The Labute approximate surface area is 213 Å². The second-order valence-corrected chi connectivity index (χ2v) is 9.36. The van der Waals surface area contributed by atoms with E-state index in [-0.39, 0.29) is 17.7 Å². The Bertz CT molecular complexity index is 1110.